The van der Waals surface area contributed by atoms with E-state index in [4.69, 9.17) is 4.52 Å². The Balaban J connectivity index is 1.45. The first-order valence-corrected chi connectivity index (χ1v) is 8.74. The molecule has 1 amide bonds. The third kappa shape index (κ3) is 4.29. The van der Waals surface area contributed by atoms with Crippen molar-refractivity contribution in [3.05, 3.63) is 59.3 Å². The van der Waals surface area contributed by atoms with Crippen molar-refractivity contribution in [3.63, 3.8) is 0 Å². The summed E-state index contributed by atoms with van der Waals surface area (Å²) < 4.78 is 5.25. The van der Waals surface area contributed by atoms with Gasteiger partial charge in [-0.3, -0.25) is 4.79 Å². The van der Waals surface area contributed by atoms with Crippen molar-refractivity contribution in [1.82, 2.24) is 15.0 Å². The zero-order valence-corrected chi connectivity index (χ0v) is 14.3. The van der Waals surface area contributed by atoms with E-state index >= 15 is 0 Å². The zero-order chi connectivity index (χ0) is 16.8. The van der Waals surface area contributed by atoms with E-state index in [9.17, 15) is 4.79 Å². The van der Waals surface area contributed by atoms with Gasteiger partial charge in [-0.05, 0) is 23.4 Å². The Kier molecular flexibility index (Phi) is 5.38. The minimum absolute atomic E-state index is 0.122. The number of aryl methyl sites for hydroxylation is 1. The number of nitrogens with zero attached hydrogens (tertiary/aromatic N) is 3. The second-order valence-corrected chi connectivity index (χ2v) is 6.53. The molecule has 2 aromatic heterocycles. The average Bonchev–Trinajstić information content (AvgIpc) is 3.27. The van der Waals surface area contributed by atoms with E-state index < -0.39 is 0 Å². The first-order chi connectivity index (χ1) is 11.7. The number of rotatable bonds is 7. The molecule has 3 rings (SSSR count). The van der Waals surface area contributed by atoms with E-state index in [0.717, 1.165) is 10.4 Å². The molecule has 0 bridgehead atoms. The van der Waals surface area contributed by atoms with Gasteiger partial charge in [0.2, 0.25) is 17.6 Å². The predicted octanol–water partition coefficient (Wildman–Crippen LogP) is 3.78. The molecule has 0 radical (unpaired) electrons. The number of carbonyl (C=O) groups is 1. The van der Waals surface area contributed by atoms with Crippen molar-refractivity contribution in [1.29, 1.82) is 0 Å². The molecule has 0 saturated carbocycles. The third-order valence-electron chi connectivity index (χ3n) is 3.68. The van der Waals surface area contributed by atoms with Crippen LogP contribution >= 0.6 is 11.3 Å². The van der Waals surface area contributed by atoms with E-state index in [1.54, 1.807) is 16.2 Å². The van der Waals surface area contributed by atoms with Gasteiger partial charge in [0.15, 0.2) is 0 Å². The second-order valence-electron chi connectivity index (χ2n) is 5.58. The maximum atomic E-state index is 12.2. The molecule has 124 valence electrons. The van der Waals surface area contributed by atoms with Crippen LogP contribution in [0.25, 0.3) is 10.7 Å². The van der Waals surface area contributed by atoms with Crippen molar-refractivity contribution < 1.29 is 9.32 Å². The molecule has 2 heterocycles. The lowest BCUT2D eigenvalue weighted by molar-refractivity contribution is -0.130. The highest BCUT2D eigenvalue weighted by Gasteiger charge is 2.12. The number of carbonyl (C=O) groups excluding carboxylic acids is 1. The van der Waals surface area contributed by atoms with Gasteiger partial charge in [0.05, 0.1) is 4.88 Å². The Bertz CT molecular complexity index is 769. The Morgan fingerprint density at radius 2 is 2.04 bits per heavy atom. The van der Waals surface area contributed by atoms with Crippen LogP contribution in [0, 0.1) is 0 Å². The van der Waals surface area contributed by atoms with Gasteiger partial charge in [0.1, 0.15) is 0 Å². The third-order valence-corrected chi connectivity index (χ3v) is 4.55. The Morgan fingerprint density at radius 1 is 1.21 bits per heavy atom. The zero-order valence-electron chi connectivity index (χ0n) is 13.5. The molecule has 24 heavy (non-hydrogen) atoms. The molecule has 3 aromatic rings. The lowest BCUT2D eigenvalue weighted by atomic mass is 10.2. The maximum absolute atomic E-state index is 12.2. The van der Waals surface area contributed by atoms with Crippen LogP contribution in [-0.4, -0.2) is 28.0 Å². The molecular formula is C18H19N3O2S. The van der Waals surface area contributed by atoms with E-state index in [2.05, 4.69) is 10.1 Å². The topological polar surface area (TPSA) is 59.2 Å². The van der Waals surface area contributed by atoms with Crippen LogP contribution in [0.4, 0.5) is 0 Å². The predicted molar refractivity (Wildman–Crippen MR) is 93.5 cm³/mol. The minimum Gasteiger partial charge on any atom is -0.341 e. The fourth-order valence-corrected chi connectivity index (χ4v) is 3.04. The first kappa shape index (κ1) is 16.4. The van der Waals surface area contributed by atoms with E-state index in [0.29, 0.717) is 37.5 Å². The van der Waals surface area contributed by atoms with Crippen molar-refractivity contribution in [2.24, 2.45) is 0 Å². The summed E-state index contributed by atoms with van der Waals surface area (Å²) in [5.41, 5.74) is 1.13. The number of thiophene rings is 1. The Morgan fingerprint density at radius 3 is 2.79 bits per heavy atom. The molecule has 0 atom stereocenters. The summed E-state index contributed by atoms with van der Waals surface area (Å²) in [4.78, 5) is 19.3. The molecule has 0 aliphatic heterocycles. The summed E-state index contributed by atoms with van der Waals surface area (Å²) in [6, 6.07) is 13.9. The lowest BCUT2D eigenvalue weighted by Gasteiger charge is -2.17. The van der Waals surface area contributed by atoms with Crippen LogP contribution in [0.1, 0.15) is 24.3 Å². The highest BCUT2D eigenvalue weighted by atomic mass is 32.1. The Labute approximate surface area is 144 Å². The SMILES string of the molecule is CN(Cc1ccccc1)C(=O)CCCc1nc(-c2cccs2)no1. The van der Waals surface area contributed by atoms with E-state index in [1.807, 2.05) is 54.9 Å². The molecule has 5 nitrogen and oxygen atoms in total. The van der Waals surface area contributed by atoms with Crippen LogP contribution < -0.4 is 0 Å². The summed E-state index contributed by atoms with van der Waals surface area (Å²) in [7, 11) is 1.83. The number of aromatic nitrogens is 2. The smallest absolute Gasteiger partial charge is 0.226 e. The number of hydrogen-bond donors (Lipinski definition) is 0. The summed E-state index contributed by atoms with van der Waals surface area (Å²) in [5, 5.41) is 5.96. The maximum Gasteiger partial charge on any atom is 0.226 e. The standard InChI is InChI=1S/C18H19N3O2S/c1-21(13-14-7-3-2-4-8-14)17(22)11-5-10-16-19-18(20-23-16)15-9-6-12-24-15/h2-4,6-9,12H,5,10-11,13H2,1H3. The first-order valence-electron chi connectivity index (χ1n) is 7.87. The minimum atomic E-state index is 0.122. The summed E-state index contributed by atoms with van der Waals surface area (Å²) in [6.45, 7) is 0.628. The summed E-state index contributed by atoms with van der Waals surface area (Å²) >= 11 is 1.58. The monoisotopic (exact) mass is 341 g/mol. The largest absolute Gasteiger partial charge is 0.341 e. The molecule has 1 aromatic carbocycles. The van der Waals surface area contributed by atoms with Crippen molar-refractivity contribution >= 4 is 17.2 Å². The summed E-state index contributed by atoms with van der Waals surface area (Å²) in [6.07, 6.45) is 1.79. The number of benzene rings is 1. The van der Waals surface area contributed by atoms with Gasteiger partial charge >= 0.3 is 0 Å². The van der Waals surface area contributed by atoms with Crippen molar-refractivity contribution in [2.75, 3.05) is 7.05 Å². The van der Waals surface area contributed by atoms with Crippen LogP contribution in [0.2, 0.25) is 0 Å². The molecule has 0 spiro atoms. The number of amides is 1. The lowest BCUT2D eigenvalue weighted by Crippen LogP contribution is -2.25. The molecule has 0 aliphatic carbocycles. The highest BCUT2D eigenvalue weighted by molar-refractivity contribution is 7.13. The van der Waals surface area contributed by atoms with Crippen LogP contribution in [0.3, 0.4) is 0 Å². The molecule has 0 fully saturated rings. The molecular weight excluding hydrogens is 322 g/mol. The van der Waals surface area contributed by atoms with Gasteiger partial charge in [-0.25, -0.2) is 0 Å². The van der Waals surface area contributed by atoms with Gasteiger partial charge in [0.25, 0.3) is 0 Å². The molecule has 0 unspecified atom stereocenters. The summed E-state index contributed by atoms with van der Waals surface area (Å²) in [5.74, 6) is 1.32. The molecule has 6 heteroatoms. The van der Waals surface area contributed by atoms with Crippen LogP contribution in [0.15, 0.2) is 52.4 Å². The van der Waals surface area contributed by atoms with E-state index in [-0.39, 0.29) is 5.91 Å². The van der Waals surface area contributed by atoms with Crippen LogP contribution in [-0.2, 0) is 17.8 Å². The van der Waals surface area contributed by atoms with Gasteiger partial charge in [-0.15, -0.1) is 11.3 Å². The fourth-order valence-electron chi connectivity index (χ4n) is 2.39. The van der Waals surface area contributed by atoms with Gasteiger partial charge in [-0.2, -0.15) is 4.98 Å². The quantitative estimate of drug-likeness (QED) is 0.656. The van der Waals surface area contributed by atoms with Crippen molar-refractivity contribution in [2.45, 2.75) is 25.8 Å². The van der Waals surface area contributed by atoms with Crippen molar-refractivity contribution in [3.8, 4) is 10.7 Å². The molecule has 0 aliphatic rings. The second kappa shape index (κ2) is 7.88. The van der Waals surface area contributed by atoms with E-state index in [1.165, 1.54) is 0 Å². The molecule has 0 N–H and O–H groups in total. The average molecular weight is 341 g/mol. The normalized spacial score (nSPS) is 10.7. The van der Waals surface area contributed by atoms with Gasteiger partial charge in [0, 0.05) is 26.4 Å². The van der Waals surface area contributed by atoms with Crippen LogP contribution in [0.5, 0.6) is 0 Å². The Hall–Kier alpha value is -2.47. The number of hydrogen-bond acceptors (Lipinski definition) is 5. The molecule has 0 saturated heterocycles. The fraction of sp³-hybridized carbons (Fsp3) is 0.278. The van der Waals surface area contributed by atoms with Gasteiger partial charge in [-0.1, -0.05) is 41.6 Å². The highest BCUT2D eigenvalue weighted by Crippen LogP contribution is 2.21. The van der Waals surface area contributed by atoms with Gasteiger partial charge < -0.3 is 9.42 Å².